The summed E-state index contributed by atoms with van der Waals surface area (Å²) in [5.41, 5.74) is 0.926. The third kappa shape index (κ3) is 4.33. The molecule has 0 unspecified atom stereocenters. The molecule has 0 saturated carbocycles. The van der Waals surface area contributed by atoms with Crippen LogP contribution in [0.2, 0.25) is 0 Å². The van der Waals surface area contributed by atoms with E-state index in [1.54, 1.807) is 0 Å². The number of morpholine rings is 1. The summed E-state index contributed by atoms with van der Waals surface area (Å²) in [4.78, 5) is 11.8. The minimum atomic E-state index is -0.410. The number of carbonyl (C=O) groups is 1. The Hall–Kier alpha value is -1.40. The van der Waals surface area contributed by atoms with E-state index in [0.29, 0.717) is 31.4 Å². The normalized spacial score (nSPS) is 19.6. The predicted octanol–water partition coefficient (Wildman–Crippen LogP) is 0.478. The van der Waals surface area contributed by atoms with Crippen molar-refractivity contribution >= 4 is 5.91 Å². The van der Waals surface area contributed by atoms with Gasteiger partial charge < -0.3 is 19.9 Å². The summed E-state index contributed by atoms with van der Waals surface area (Å²) in [5.74, 6) is 1.09. The zero-order valence-electron chi connectivity index (χ0n) is 11.4. The molecule has 2 rings (SSSR count). The van der Waals surface area contributed by atoms with Gasteiger partial charge >= 0.3 is 0 Å². The second-order valence-corrected chi connectivity index (χ2v) is 5.16. The van der Waals surface area contributed by atoms with E-state index in [4.69, 9.17) is 9.26 Å². The van der Waals surface area contributed by atoms with Crippen LogP contribution in [0.4, 0.5) is 0 Å². The van der Waals surface area contributed by atoms with Gasteiger partial charge in [-0.15, -0.1) is 0 Å². The molecule has 0 bridgehead atoms. The van der Waals surface area contributed by atoms with Crippen LogP contribution in [0.3, 0.4) is 0 Å². The average molecular weight is 267 g/mol. The van der Waals surface area contributed by atoms with Gasteiger partial charge in [-0.25, -0.2) is 0 Å². The SMILES string of the molecule is CC(C)Cc1cc(CNC(=O)[C@H]2CNCCO2)on1. The van der Waals surface area contributed by atoms with Gasteiger partial charge in [0.25, 0.3) is 5.91 Å². The van der Waals surface area contributed by atoms with Crippen molar-refractivity contribution in [3.63, 3.8) is 0 Å². The second kappa shape index (κ2) is 6.68. The molecule has 6 heteroatoms. The molecule has 1 atom stereocenters. The first-order valence-electron chi connectivity index (χ1n) is 6.69. The summed E-state index contributed by atoms with van der Waals surface area (Å²) in [7, 11) is 0. The number of carbonyl (C=O) groups excluding carboxylic acids is 1. The van der Waals surface area contributed by atoms with Gasteiger partial charge in [0, 0.05) is 19.2 Å². The largest absolute Gasteiger partial charge is 0.366 e. The van der Waals surface area contributed by atoms with E-state index in [1.807, 2.05) is 6.07 Å². The molecule has 0 radical (unpaired) electrons. The van der Waals surface area contributed by atoms with Crippen LogP contribution in [0, 0.1) is 5.92 Å². The molecule has 6 nitrogen and oxygen atoms in total. The highest BCUT2D eigenvalue weighted by Crippen LogP contribution is 2.09. The van der Waals surface area contributed by atoms with Crippen molar-refractivity contribution in [3.05, 3.63) is 17.5 Å². The molecule has 1 aromatic heterocycles. The average Bonchev–Trinajstić information content (AvgIpc) is 2.84. The van der Waals surface area contributed by atoms with Crippen LogP contribution in [0.15, 0.2) is 10.6 Å². The molecule has 2 heterocycles. The Kier molecular flexibility index (Phi) is 4.93. The predicted molar refractivity (Wildman–Crippen MR) is 69.5 cm³/mol. The fourth-order valence-electron chi connectivity index (χ4n) is 1.98. The van der Waals surface area contributed by atoms with Crippen LogP contribution in [0.1, 0.15) is 25.3 Å². The minimum absolute atomic E-state index is 0.117. The van der Waals surface area contributed by atoms with Crippen LogP contribution in [-0.4, -0.2) is 36.9 Å². The summed E-state index contributed by atoms with van der Waals surface area (Å²) in [6.07, 6.45) is 0.472. The number of hydrogen-bond acceptors (Lipinski definition) is 5. The standard InChI is InChI=1S/C13H21N3O3/c1-9(2)5-10-6-11(19-16-10)7-15-13(17)12-8-14-3-4-18-12/h6,9,12,14H,3-5,7-8H2,1-2H3,(H,15,17)/t12-/m1/s1. The molecule has 1 saturated heterocycles. The Labute approximate surface area is 112 Å². The van der Waals surface area contributed by atoms with Crippen LogP contribution >= 0.6 is 0 Å². The molecule has 1 aromatic rings. The molecule has 1 fully saturated rings. The number of hydrogen-bond donors (Lipinski definition) is 2. The lowest BCUT2D eigenvalue weighted by atomic mass is 10.1. The van der Waals surface area contributed by atoms with E-state index < -0.39 is 6.10 Å². The topological polar surface area (TPSA) is 76.4 Å². The van der Waals surface area contributed by atoms with E-state index in [-0.39, 0.29) is 5.91 Å². The monoisotopic (exact) mass is 267 g/mol. The molecule has 1 aliphatic heterocycles. The van der Waals surface area contributed by atoms with Crippen LogP contribution < -0.4 is 10.6 Å². The molecule has 106 valence electrons. The van der Waals surface area contributed by atoms with Crippen molar-refractivity contribution in [1.29, 1.82) is 0 Å². The summed E-state index contributed by atoms with van der Waals surface area (Å²) < 4.78 is 10.5. The van der Waals surface area contributed by atoms with Crippen LogP contribution in [-0.2, 0) is 22.5 Å². The maximum absolute atomic E-state index is 11.8. The van der Waals surface area contributed by atoms with Crippen molar-refractivity contribution in [2.24, 2.45) is 5.92 Å². The zero-order chi connectivity index (χ0) is 13.7. The zero-order valence-corrected chi connectivity index (χ0v) is 11.4. The molecule has 0 aromatic carbocycles. The fraction of sp³-hybridized carbons (Fsp3) is 0.692. The van der Waals surface area contributed by atoms with Gasteiger partial charge in [-0.05, 0) is 12.3 Å². The molecule has 0 aliphatic carbocycles. The van der Waals surface area contributed by atoms with Crippen LogP contribution in [0.5, 0.6) is 0 Å². The maximum Gasteiger partial charge on any atom is 0.250 e. The summed E-state index contributed by atoms with van der Waals surface area (Å²) in [5, 5.41) is 9.89. The summed E-state index contributed by atoms with van der Waals surface area (Å²) >= 11 is 0. The smallest absolute Gasteiger partial charge is 0.250 e. The quantitative estimate of drug-likeness (QED) is 0.811. The molecule has 1 aliphatic rings. The highest BCUT2D eigenvalue weighted by molar-refractivity contribution is 5.81. The number of aromatic nitrogens is 1. The highest BCUT2D eigenvalue weighted by atomic mass is 16.5. The number of ether oxygens (including phenoxy) is 1. The van der Waals surface area contributed by atoms with Crippen molar-refractivity contribution in [2.45, 2.75) is 32.9 Å². The lowest BCUT2D eigenvalue weighted by Crippen LogP contribution is -2.47. The molecule has 1 amide bonds. The second-order valence-electron chi connectivity index (χ2n) is 5.16. The first-order valence-corrected chi connectivity index (χ1v) is 6.69. The van der Waals surface area contributed by atoms with Crippen molar-refractivity contribution in [3.8, 4) is 0 Å². The molecule has 2 N–H and O–H groups in total. The Bertz CT molecular complexity index is 411. The van der Waals surface area contributed by atoms with Crippen LogP contribution in [0.25, 0.3) is 0 Å². The van der Waals surface area contributed by atoms with Gasteiger partial charge in [-0.3, -0.25) is 4.79 Å². The van der Waals surface area contributed by atoms with E-state index in [0.717, 1.165) is 18.7 Å². The van der Waals surface area contributed by atoms with Gasteiger partial charge in [0.05, 0.1) is 18.8 Å². The van der Waals surface area contributed by atoms with Gasteiger partial charge in [-0.2, -0.15) is 0 Å². The minimum Gasteiger partial charge on any atom is -0.366 e. The molecule has 0 spiro atoms. The Balaban J connectivity index is 1.78. The number of nitrogens with zero attached hydrogens (tertiary/aromatic N) is 1. The summed E-state index contributed by atoms with van der Waals surface area (Å²) in [6.45, 7) is 6.53. The first kappa shape index (κ1) is 14.0. The van der Waals surface area contributed by atoms with Gasteiger partial charge in [0.15, 0.2) is 5.76 Å². The van der Waals surface area contributed by atoms with E-state index >= 15 is 0 Å². The molecular weight excluding hydrogens is 246 g/mol. The summed E-state index contributed by atoms with van der Waals surface area (Å²) in [6, 6.07) is 1.89. The number of nitrogens with one attached hydrogen (secondary N) is 2. The fourth-order valence-corrected chi connectivity index (χ4v) is 1.98. The molecule has 19 heavy (non-hydrogen) atoms. The Morgan fingerprint density at radius 1 is 1.63 bits per heavy atom. The number of amides is 1. The first-order chi connectivity index (χ1) is 9.15. The maximum atomic E-state index is 11.8. The number of rotatable bonds is 5. The lowest BCUT2D eigenvalue weighted by molar-refractivity contribution is -0.134. The van der Waals surface area contributed by atoms with Crippen molar-refractivity contribution < 1.29 is 14.1 Å². The van der Waals surface area contributed by atoms with E-state index in [1.165, 1.54) is 0 Å². The third-order valence-electron chi connectivity index (χ3n) is 2.88. The van der Waals surface area contributed by atoms with E-state index in [2.05, 4.69) is 29.6 Å². The van der Waals surface area contributed by atoms with Gasteiger partial charge in [0.1, 0.15) is 6.10 Å². The van der Waals surface area contributed by atoms with Crippen molar-refractivity contribution in [2.75, 3.05) is 19.7 Å². The van der Waals surface area contributed by atoms with Gasteiger partial charge in [0.2, 0.25) is 0 Å². The third-order valence-corrected chi connectivity index (χ3v) is 2.88. The highest BCUT2D eigenvalue weighted by Gasteiger charge is 2.21. The Morgan fingerprint density at radius 3 is 3.16 bits per heavy atom. The molecular formula is C13H21N3O3. The Morgan fingerprint density at radius 2 is 2.47 bits per heavy atom. The lowest BCUT2D eigenvalue weighted by Gasteiger charge is -2.22. The van der Waals surface area contributed by atoms with E-state index in [9.17, 15) is 4.79 Å². The van der Waals surface area contributed by atoms with Crippen molar-refractivity contribution in [1.82, 2.24) is 15.8 Å². The van der Waals surface area contributed by atoms with Gasteiger partial charge in [-0.1, -0.05) is 19.0 Å².